The summed E-state index contributed by atoms with van der Waals surface area (Å²) in [4.78, 5) is 4.80. The number of imidazole rings is 1. The molecular formula is C16H25ClN4. The fourth-order valence-corrected chi connectivity index (χ4v) is 4.28. The Kier molecular flexibility index (Phi) is 4.00. The highest BCUT2D eigenvalue weighted by atomic mass is 35.5. The molecule has 1 saturated carbocycles. The summed E-state index contributed by atoms with van der Waals surface area (Å²) in [5.74, 6) is 2.96. The van der Waals surface area contributed by atoms with Gasteiger partial charge in [-0.1, -0.05) is 27.2 Å². The zero-order valence-corrected chi connectivity index (χ0v) is 14.2. The third-order valence-corrected chi connectivity index (χ3v) is 5.54. The van der Waals surface area contributed by atoms with E-state index in [4.69, 9.17) is 16.6 Å². The molecule has 5 heteroatoms. The van der Waals surface area contributed by atoms with E-state index in [2.05, 4.69) is 30.4 Å². The van der Waals surface area contributed by atoms with Crippen LogP contribution in [0.15, 0.2) is 0 Å². The summed E-state index contributed by atoms with van der Waals surface area (Å²) < 4.78 is 4.37. The van der Waals surface area contributed by atoms with Gasteiger partial charge in [0.15, 0.2) is 5.65 Å². The molecule has 0 saturated heterocycles. The minimum absolute atomic E-state index is 0.470. The first-order valence-corrected chi connectivity index (χ1v) is 8.64. The van der Waals surface area contributed by atoms with E-state index in [9.17, 15) is 0 Å². The third kappa shape index (κ3) is 2.19. The number of rotatable bonds is 4. The molecule has 3 unspecified atom stereocenters. The fraction of sp³-hybridized carbons (Fsp3) is 0.750. The number of nitrogens with zero attached hydrogens (tertiary/aromatic N) is 4. The summed E-state index contributed by atoms with van der Waals surface area (Å²) in [6, 6.07) is 0.508. The van der Waals surface area contributed by atoms with E-state index in [1.165, 1.54) is 19.3 Å². The molecule has 1 aliphatic carbocycles. The maximum absolute atomic E-state index is 6.19. The van der Waals surface area contributed by atoms with Gasteiger partial charge in [0.2, 0.25) is 0 Å². The SMILES string of the molecule is CCc1nn(C)c2c1nc(CCl)n2C1CCC(CC)C1C. The highest BCUT2D eigenvalue weighted by molar-refractivity contribution is 6.16. The van der Waals surface area contributed by atoms with Crippen LogP contribution in [0.5, 0.6) is 0 Å². The van der Waals surface area contributed by atoms with Crippen LogP contribution < -0.4 is 0 Å². The average molecular weight is 309 g/mol. The van der Waals surface area contributed by atoms with E-state index < -0.39 is 0 Å². The molecule has 1 aliphatic rings. The molecule has 3 rings (SSSR count). The average Bonchev–Trinajstić information content (AvgIpc) is 3.12. The van der Waals surface area contributed by atoms with Gasteiger partial charge < -0.3 is 4.57 Å². The topological polar surface area (TPSA) is 35.6 Å². The summed E-state index contributed by atoms with van der Waals surface area (Å²) in [5.41, 5.74) is 3.27. The van der Waals surface area contributed by atoms with Gasteiger partial charge in [0.1, 0.15) is 11.3 Å². The van der Waals surface area contributed by atoms with Gasteiger partial charge in [-0.15, -0.1) is 11.6 Å². The smallest absolute Gasteiger partial charge is 0.158 e. The van der Waals surface area contributed by atoms with Crippen molar-refractivity contribution in [2.24, 2.45) is 18.9 Å². The maximum atomic E-state index is 6.19. The summed E-state index contributed by atoms with van der Waals surface area (Å²) in [7, 11) is 2.02. The first kappa shape index (κ1) is 14.9. The number of aryl methyl sites for hydroxylation is 2. The Balaban J connectivity index is 2.15. The minimum Gasteiger partial charge on any atom is -0.308 e. The van der Waals surface area contributed by atoms with Crippen LogP contribution in [0.25, 0.3) is 11.2 Å². The Bertz CT molecular complexity index is 642. The van der Waals surface area contributed by atoms with Crippen molar-refractivity contribution in [1.82, 2.24) is 19.3 Å². The van der Waals surface area contributed by atoms with E-state index >= 15 is 0 Å². The Labute approximate surface area is 131 Å². The van der Waals surface area contributed by atoms with Gasteiger partial charge in [-0.25, -0.2) is 4.98 Å². The monoisotopic (exact) mass is 308 g/mol. The van der Waals surface area contributed by atoms with Crippen molar-refractivity contribution in [2.75, 3.05) is 0 Å². The van der Waals surface area contributed by atoms with Crippen molar-refractivity contribution in [2.45, 2.75) is 58.4 Å². The van der Waals surface area contributed by atoms with E-state index in [0.717, 1.165) is 35.0 Å². The number of hydrogen-bond acceptors (Lipinski definition) is 2. The van der Waals surface area contributed by atoms with Gasteiger partial charge in [-0.2, -0.15) is 5.10 Å². The molecule has 1 fully saturated rings. The standard InChI is InChI=1S/C16H25ClN4/c1-5-11-7-8-13(10(11)3)21-14(9-17)18-15-12(6-2)19-20(4)16(15)21/h10-11,13H,5-9H2,1-4H3. The van der Waals surface area contributed by atoms with Crippen LogP contribution in [0.2, 0.25) is 0 Å². The lowest BCUT2D eigenvalue weighted by molar-refractivity contribution is 0.328. The summed E-state index contributed by atoms with van der Waals surface area (Å²) in [5, 5.41) is 4.63. The molecule has 21 heavy (non-hydrogen) atoms. The maximum Gasteiger partial charge on any atom is 0.158 e. The van der Waals surface area contributed by atoms with E-state index in [1.807, 2.05) is 11.7 Å². The number of aromatic nitrogens is 4. The van der Waals surface area contributed by atoms with Crippen LogP contribution >= 0.6 is 11.6 Å². The first-order chi connectivity index (χ1) is 10.1. The lowest BCUT2D eigenvalue weighted by atomic mass is 9.93. The van der Waals surface area contributed by atoms with Crippen molar-refractivity contribution in [3.05, 3.63) is 11.5 Å². The van der Waals surface area contributed by atoms with Gasteiger partial charge in [0.05, 0.1) is 11.6 Å². The first-order valence-electron chi connectivity index (χ1n) is 8.10. The summed E-state index contributed by atoms with van der Waals surface area (Å²) in [6.45, 7) is 6.81. The predicted octanol–water partition coefficient (Wildman–Crippen LogP) is 4.07. The predicted molar refractivity (Wildman–Crippen MR) is 86.7 cm³/mol. The summed E-state index contributed by atoms with van der Waals surface area (Å²) >= 11 is 6.19. The quantitative estimate of drug-likeness (QED) is 0.798. The van der Waals surface area contributed by atoms with Gasteiger partial charge in [-0.05, 0) is 31.1 Å². The van der Waals surface area contributed by atoms with Crippen LogP contribution in [0.4, 0.5) is 0 Å². The summed E-state index contributed by atoms with van der Waals surface area (Å²) in [6.07, 6.45) is 4.70. The molecule has 0 N–H and O–H groups in total. The lowest BCUT2D eigenvalue weighted by Crippen LogP contribution is -2.18. The van der Waals surface area contributed by atoms with Crippen molar-refractivity contribution in [3.63, 3.8) is 0 Å². The molecule has 0 aliphatic heterocycles. The van der Waals surface area contributed by atoms with Crippen LogP contribution in [0, 0.1) is 11.8 Å². The number of fused-ring (bicyclic) bond motifs is 1. The van der Waals surface area contributed by atoms with Crippen LogP contribution in [-0.4, -0.2) is 19.3 Å². The van der Waals surface area contributed by atoms with Crippen molar-refractivity contribution < 1.29 is 0 Å². The van der Waals surface area contributed by atoms with Crippen LogP contribution in [0.1, 0.15) is 57.6 Å². The molecule has 4 nitrogen and oxygen atoms in total. The molecular weight excluding hydrogens is 284 g/mol. The van der Waals surface area contributed by atoms with Crippen LogP contribution in [-0.2, 0) is 19.3 Å². The van der Waals surface area contributed by atoms with Gasteiger partial charge in [0.25, 0.3) is 0 Å². The molecule has 0 bridgehead atoms. The van der Waals surface area contributed by atoms with Gasteiger partial charge in [-0.3, -0.25) is 4.68 Å². The molecule has 0 aromatic carbocycles. The molecule has 2 heterocycles. The normalized spacial score (nSPS) is 26.0. The Morgan fingerprint density at radius 2 is 2.05 bits per heavy atom. The van der Waals surface area contributed by atoms with Gasteiger partial charge in [0, 0.05) is 13.1 Å². The van der Waals surface area contributed by atoms with Crippen LogP contribution in [0.3, 0.4) is 0 Å². The fourth-order valence-electron chi connectivity index (χ4n) is 4.09. The highest BCUT2D eigenvalue weighted by Crippen LogP contribution is 2.43. The van der Waals surface area contributed by atoms with E-state index in [1.54, 1.807) is 0 Å². The lowest BCUT2D eigenvalue weighted by Gasteiger charge is -2.23. The van der Waals surface area contributed by atoms with E-state index in [-0.39, 0.29) is 0 Å². The second-order valence-electron chi connectivity index (χ2n) is 6.30. The third-order valence-electron chi connectivity index (χ3n) is 5.30. The van der Waals surface area contributed by atoms with E-state index in [0.29, 0.717) is 17.8 Å². The largest absolute Gasteiger partial charge is 0.308 e. The van der Waals surface area contributed by atoms with Crippen molar-refractivity contribution in [1.29, 1.82) is 0 Å². The second-order valence-corrected chi connectivity index (χ2v) is 6.57. The number of hydrogen-bond donors (Lipinski definition) is 0. The van der Waals surface area contributed by atoms with Gasteiger partial charge >= 0.3 is 0 Å². The highest BCUT2D eigenvalue weighted by Gasteiger charge is 2.35. The zero-order valence-electron chi connectivity index (χ0n) is 13.4. The molecule has 116 valence electrons. The molecule has 0 radical (unpaired) electrons. The Hall–Kier alpha value is -1.03. The molecule has 2 aromatic heterocycles. The molecule has 0 amide bonds. The van der Waals surface area contributed by atoms with Crippen molar-refractivity contribution in [3.8, 4) is 0 Å². The number of alkyl halides is 1. The number of halogens is 1. The molecule has 0 spiro atoms. The minimum atomic E-state index is 0.470. The second kappa shape index (κ2) is 5.64. The molecule has 3 atom stereocenters. The van der Waals surface area contributed by atoms with Crippen molar-refractivity contribution >= 4 is 22.8 Å². The molecule has 2 aromatic rings. The Morgan fingerprint density at radius 3 is 2.62 bits per heavy atom. The Morgan fingerprint density at radius 1 is 1.29 bits per heavy atom. The zero-order chi connectivity index (χ0) is 15.1.